The number of benzene rings is 2. The summed E-state index contributed by atoms with van der Waals surface area (Å²) in [6, 6.07) is 13.9. The Morgan fingerprint density at radius 3 is 2.76 bits per heavy atom. The predicted octanol–water partition coefficient (Wildman–Crippen LogP) is 3.63. The normalized spacial score (nSPS) is 10.6. The summed E-state index contributed by atoms with van der Waals surface area (Å²) >= 11 is 1.66. The lowest BCUT2D eigenvalue weighted by molar-refractivity contribution is 0.342. The number of fused-ring (bicyclic) bond motifs is 1. The smallest absolute Gasteiger partial charge is 0.186 e. The van der Waals surface area contributed by atoms with Crippen molar-refractivity contribution in [3.63, 3.8) is 0 Å². The molecule has 0 aliphatic heterocycles. The van der Waals surface area contributed by atoms with Crippen LogP contribution in [0.1, 0.15) is 0 Å². The predicted molar refractivity (Wildman–Crippen MR) is 103 cm³/mol. The number of para-hydroxylation sites is 1. The number of hydrogen-bond acceptors (Lipinski definition) is 6. The Balaban J connectivity index is 1.80. The van der Waals surface area contributed by atoms with Crippen LogP contribution in [0.2, 0.25) is 0 Å². The zero-order valence-corrected chi connectivity index (χ0v) is 15.2. The van der Waals surface area contributed by atoms with Gasteiger partial charge < -0.3 is 20.1 Å². The van der Waals surface area contributed by atoms with Crippen molar-refractivity contribution >= 4 is 21.6 Å². The third kappa shape index (κ3) is 4.10. The molecule has 1 aromatic heterocycles. The van der Waals surface area contributed by atoms with E-state index in [4.69, 9.17) is 9.47 Å². The molecule has 1 heterocycles. The van der Waals surface area contributed by atoms with Crippen molar-refractivity contribution in [1.29, 1.82) is 0 Å². The molecule has 0 saturated carbocycles. The van der Waals surface area contributed by atoms with E-state index in [0.717, 1.165) is 29.2 Å². The van der Waals surface area contributed by atoms with Crippen molar-refractivity contribution in [1.82, 2.24) is 15.6 Å². The topological polar surface area (TPSA) is 55.4 Å². The minimum atomic E-state index is 0.487. The lowest BCUT2D eigenvalue weighted by atomic mass is 10.2. The summed E-state index contributed by atoms with van der Waals surface area (Å²) in [5, 5.41) is 7.11. The Morgan fingerprint density at radius 1 is 1.16 bits per heavy atom. The molecular weight excluding hydrogens is 334 g/mol. The molecule has 0 amide bonds. The summed E-state index contributed by atoms with van der Waals surface area (Å²) in [5.74, 6) is 1.75. The fourth-order valence-electron chi connectivity index (χ4n) is 2.38. The first-order chi connectivity index (χ1) is 12.2. The van der Waals surface area contributed by atoms with Crippen LogP contribution < -0.4 is 20.1 Å². The van der Waals surface area contributed by atoms with Crippen LogP contribution in [-0.2, 0) is 0 Å². The first kappa shape index (κ1) is 17.3. The van der Waals surface area contributed by atoms with Crippen LogP contribution >= 0.6 is 11.3 Å². The van der Waals surface area contributed by atoms with Crippen LogP contribution in [0, 0.1) is 0 Å². The zero-order valence-electron chi connectivity index (χ0n) is 14.3. The quantitative estimate of drug-likeness (QED) is 0.477. The first-order valence-electron chi connectivity index (χ1n) is 8.00. The molecular formula is C19H21N3O2S. The van der Waals surface area contributed by atoms with Gasteiger partial charge in [0.25, 0.3) is 0 Å². The molecule has 0 bridgehead atoms. The molecule has 0 saturated heterocycles. The van der Waals surface area contributed by atoms with E-state index in [1.54, 1.807) is 18.4 Å². The Hall–Kier alpha value is -2.57. The van der Waals surface area contributed by atoms with Gasteiger partial charge in [0.2, 0.25) is 0 Å². The minimum Gasteiger partial charge on any atom is -0.493 e. The van der Waals surface area contributed by atoms with Crippen LogP contribution in [0.25, 0.3) is 20.8 Å². The molecule has 3 aromatic rings. The molecule has 0 spiro atoms. The number of aromatic nitrogens is 1. The molecule has 25 heavy (non-hydrogen) atoms. The fraction of sp³-hybridized carbons (Fsp3) is 0.211. The number of hydrogen-bond donors (Lipinski definition) is 2. The van der Waals surface area contributed by atoms with Gasteiger partial charge in [0, 0.05) is 18.7 Å². The number of rotatable bonds is 8. The van der Waals surface area contributed by atoms with Gasteiger partial charge in [-0.2, -0.15) is 0 Å². The van der Waals surface area contributed by atoms with E-state index in [1.807, 2.05) is 43.4 Å². The highest BCUT2D eigenvalue weighted by atomic mass is 32.1. The molecule has 5 nitrogen and oxygen atoms in total. The molecule has 2 aromatic carbocycles. The van der Waals surface area contributed by atoms with Gasteiger partial charge in [-0.1, -0.05) is 12.1 Å². The number of nitrogens with zero attached hydrogens (tertiary/aromatic N) is 1. The van der Waals surface area contributed by atoms with Gasteiger partial charge in [-0.05, 0) is 44.0 Å². The maximum Gasteiger partial charge on any atom is 0.186 e. The second kappa shape index (κ2) is 8.00. The third-order valence-corrected chi connectivity index (χ3v) is 4.72. The third-order valence-electron chi connectivity index (χ3n) is 3.63. The summed E-state index contributed by atoms with van der Waals surface area (Å²) in [6.07, 6.45) is 0. The largest absolute Gasteiger partial charge is 0.493 e. The molecule has 0 radical (unpaired) electrons. The Bertz CT molecular complexity index is 843. The Kier molecular flexibility index (Phi) is 5.53. The van der Waals surface area contributed by atoms with Crippen LogP contribution in [0.5, 0.6) is 11.5 Å². The van der Waals surface area contributed by atoms with E-state index in [-0.39, 0.29) is 0 Å². The van der Waals surface area contributed by atoms with E-state index in [0.29, 0.717) is 17.4 Å². The number of thiazole rings is 1. The van der Waals surface area contributed by atoms with Gasteiger partial charge in [0.05, 0.1) is 17.3 Å². The van der Waals surface area contributed by atoms with Crippen molar-refractivity contribution in [2.24, 2.45) is 0 Å². The van der Waals surface area contributed by atoms with E-state index < -0.39 is 0 Å². The van der Waals surface area contributed by atoms with Gasteiger partial charge in [-0.15, -0.1) is 11.3 Å². The van der Waals surface area contributed by atoms with Crippen molar-refractivity contribution in [2.75, 3.05) is 27.2 Å². The molecule has 0 atom stereocenters. The van der Waals surface area contributed by atoms with Crippen LogP contribution in [0.4, 0.5) is 0 Å². The lowest BCUT2D eigenvalue weighted by Gasteiger charge is -2.14. The SMILES string of the molecule is C=C(NCCNC)Oc1ccc(-c2nc3ccccc3s2)cc1OC. The maximum atomic E-state index is 5.76. The van der Waals surface area contributed by atoms with Gasteiger partial charge in [-0.3, -0.25) is 0 Å². The molecule has 0 fully saturated rings. The van der Waals surface area contributed by atoms with Gasteiger partial charge >= 0.3 is 0 Å². The van der Waals surface area contributed by atoms with Crippen molar-refractivity contribution in [3.8, 4) is 22.1 Å². The zero-order chi connectivity index (χ0) is 17.6. The maximum absolute atomic E-state index is 5.76. The average Bonchev–Trinajstić information content (AvgIpc) is 3.06. The highest BCUT2D eigenvalue weighted by molar-refractivity contribution is 7.21. The standard InChI is InChI=1S/C19H21N3O2S/c1-13(21-11-10-20-2)24-16-9-8-14(12-17(16)23-3)19-22-15-6-4-5-7-18(15)25-19/h4-9,12,20-21H,1,10-11H2,2-3H3. The van der Waals surface area contributed by atoms with Crippen LogP contribution in [-0.4, -0.2) is 32.2 Å². The van der Waals surface area contributed by atoms with Crippen molar-refractivity contribution < 1.29 is 9.47 Å². The lowest BCUT2D eigenvalue weighted by Crippen LogP contribution is -2.26. The molecule has 6 heteroatoms. The number of methoxy groups -OCH3 is 1. The number of nitrogens with one attached hydrogen (secondary N) is 2. The molecule has 3 rings (SSSR count). The minimum absolute atomic E-state index is 0.487. The summed E-state index contributed by atoms with van der Waals surface area (Å²) in [6.45, 7) is 5.45. The van der Waals surface area contributed by atoms with E-state index in [1.165, 1.54) is 4.70 Å². The second-order valence-corrected chi connectivity index (χ2v) is 6.44. The van der Waals surface area contributed by atoms with E-state index >= 15 is 0 Å². The van der Waals surface area contributed by atoms with Gasteiger partial charge in [0.15, 0.2) is 17.4 Å². The van der Waals surface area contributed by atoms with Gasteiger partial charge in [-0.25, -0.2) is 4.98 Å². The summed E-state index contributed by atoms with van der Waals surface area (Å²) in [4.78, 5) is 4.68. The van der Waals surface area contributed by atoms with Gasteiger partial charge in [0.1, 0.15) is 5.01 Å². The van der Waals surface area contributed by atoms with Crippen LogP contribution in [0.3, 0.4) is 0 Å². The summed E-state index contributed by atoms with van der Waals surface area (Å²) in [7, 11) is 3.52. The monoisotopic (exact) mass is 355 g/mol. The fourth-order valence-corrected chi connectivity index (χ4v) is 3.34. The molecule has 2 N–H and O–H groups in total. The molecule has 0 aliphatic rings. The summed E-state index contributed by atoms with van der Waals surface area (Å²) < 4.78 is 12.4. The van der Waals surface area contributed by atoms with Crippen molar-refractivity contribution in [3.05, 3.63) is 54.9 Å². The Labute approximate surface area is 151 Å². The highest BCUT2D eigenvalue weighted by Gasteiger charge is 2.11. The van der Waals surface area contributed by atoms with E-state index in [9.17, 15) is 0 Å². The Morgan fingerprint density at radius 2 is 2.00 bits per heavy atom. The summed E-state index contributed by atoms with van der Waals surface area (Å²) in [5.41, 5.74) is 2.00. The number of likely N-dealkylation sites (N-methyl/N-ethyl adjacent to an activating group) is 1. The molecule has 130 valence electrons. The number of ether oxygens (including phenoxy) is 2. The molecule has 0 aliphatic carbocycles. The second-order valence-electron chi connectivity index (χ2n) is 5.41. The highest BCUT2D eigenvalue weighted by Crippen LogP contribution is 2.36. The van der Waals surface area contributed by atoms with Crippen LogP contribution in [0.15, 0.2) is 54.9 Å². The molecule has 0 unspecified atom stereocenters. The first-order valence-corrected chi connectivity index (χ1v) is 8.82. The van der Waals surface area contributed by atoms with Crippen molar-refractivity contribution in [2.45, 2.75) is 0 Å². The average molecular weight is 355 g/mol. The van der Waals surface area contributed by atoms with E-state index in [2.05, 4.69) is 28.3 Å².